The van der Waals surface area contributed by atoms with E-state index < -0.39 is 0 Å². The predicted molar refractivity (Wildman–Crippen MR) is 112 cm³/mol. The highest BCUT2D eigenvalue weighted by atomic mass is 16.3. The third kappa shape index (κ3) is 4.13. The molecular weight excluding hydrogens is 348 g/mol. The summed E-state index contributed by atoms with van der Waals surface area (Å²) >= 11 is 0. The number of carbonyl (C=O) groups is 1. The molecule has 1 heterocycles. The normalized spacial score (nSPS) is 10.6. The highest BCUT2D eigenvalue weighted by Crippen LogP contribution is 2.19. The fraction of sp³-hybridized carbons (Fsp3) is 0.0417. The maximum absolute atomic E-state index is 12.4. The van der Waals surface area contributed by atoms with Gasteiger partial charge in [-0.05, 0) is 41.8 Å². The topological polar surface area (TPSA) is 54.3 Å². The summed E-state index contributed by atoms with van der Waals surface area (Å²) in [6.45, 7) is 3.90. The molecule has 4 rings (SSSR count). The second-order valence-corrected chi connectivity index (χ2v) is 6.57. The second kappa shape index (κ2) is 7.84. The van der Waals surface area contributed by atoms with E-state index in [1.165, 1.54) is 11.1 Å². The van der Waals surface area contributed by atoms with Gasteiger partial charge in [-0.3, -0.25) is 4.79 Å². The number of anilines is 1. The summed E-state index contributed by atoms with van der Waals surface area (Å²) in [6, 6.07) is 27.6. The molecule has 0 unspecified atom stereocenters. The zero-order valence-corrected chi connectivity index (χ0v) is 15.3. The summed E-state index contributed by atoms with van der Waals surface area (Å²) in [7, 11) is 0. The number of benzene rings is 3. The van der Waals surface area contributed by atoms with Gasteiger partial charge in [0, 0.05) is 11.1 Å². The van der Waals surface area contributed by atoms with E-state index in [0.29, 0.717) is 11.4 Å². The Hall–Kier alpha value is -3.79. The van der Waals surface area contributed by atoms with Crippen molar-refractivity contribution in [3.05, 3.63) is 114 Å². The Morgan fingerprint density at radius 3 is 2.43 bits per heavy atom. The number of furan rings is 1. The van der Waals surface area contributed by atoms with Crippen LogP contribution in [-0.2, 0) is 6.42 Å². The van der Waals surface area contributed by atoms with Crippen LogP contribution in [0, 0.1) is 0 Å². The molecule has 0 saturated carbocycles. The third-order valence-electron chi connectivity index (χ3n) is 4.39. The molecule has 4 heteroatoms. The van der Waals surface area contributed by atoms with Gasteiger partial charge in [0.2, 0.25) is 0 Å². The van der Waals surface area contributed by atoms with Gasteiger partial charge in [0.05, 0.1) is 0 Å². The molecule has 0 bridgehead atoms. The zero-order chi connectivity index (χ0) is 19.3. The van der Waals surface area contributed by atoms with Crippen LogP contribution in [0.25, 0.3) is 11.0 Å². The average Bonchev–Trinajstić information content (AvgIpc) is 3.13. The van der Waals surface area contributed by atoms with Gasteiger partial charge in [0.25, 0.3) is 5.91 Å². The van der Waals surface area contributed by atoms with Gasteiger partial charge in [-0.2, -0.15) is 0 Å². The highest BCUT2D eigenvalue weighted by molar-refractivity contribution is 5.97. The SMILES string of the molecule is C=C(NC(=O)c1cc2ccccc2o1)Nc1cccc(Cc2ccccc2)c1. The zero-order valence-electron chi connectivity index (χ0n) is 15.3. The van der Waals surface area contributed by atoms with Gasteiger partial charge in [0.15, 0.2) is 5.76 Å². The lowest BCUT2D eigenvalue weighted by atomic mass is 10.0. The van der Waals surface area contributed by atoms with Gasteiger partial charge in [-0.25, -0.2) is 0 Å². The van der Waals surface area contributed by atoms with Gasteiger partial charge >= 0.3 is 0 Å². The fourth-order valence-corrected chi connectivity index (χ4v) is 3.09. The van der Waals surface area contributed by atoms with Gasteiger partial charge in [-0.1, -0.05) is 67.2 Å². The predicted octanol–water partition coefficient (Wildman–Crippen LogP) is 5.34. The molecule has 4 nitrogen and oxygen atoms in total. The fourth-order valence-electron chi connectivity index (χ4n) is 3.09. The first-order valence-corrected chi connectivity index (χ1v) is 9.06. The lowest BCUT2D eigenvalue weighted by molar-refractivity contribution is 0.0941. The molecule has 0 atom stereocenters. The average molecular weight is 368 g/mol. The van der Waals surface area contributed by atoms with E-state index >= 15 is 0 Å². The van der Waals surface area contributed by atoms with Crippen LogP contribution < -0.4 is 10.6 Å². The minimum absolute atomic E-state index is 0.252. The largest absolute Gasteiger partial charge is 0.451 e. The van der Waals surface area contributed by atoms with Crippen molar-refractivity contribution in [2.45, 2.75) is 6.42 Å². The van der Waals surface area contributed by atoms with Crippen LogP contribution in [-0.4, -0.2) is 5.91 Å². The molecule has 0 spiro atoms. The molecule has 138 valence electrons. The van der Waals surface area contributed by atoms with Crippen LogP contribution in [0.1, 0.15) is 21.7 Å². The number of hydrogen-bond donors (Lipinski definition) is 2. The monoisotopic (exact) mass is 368 g/mol. The maximum atomic E-state index is 12.4. The van der Waals surface area contributed by atoms with Crippen molar-refractivity contribution in [2.24, 2.45) is 0 Å². The van der Waals surface area contributed by atoms with Crippen LogP contribution >= 0.6 is 0 Å². The Labute approximate surface area is 163 Å². The standard InChI is InChI=1S/C24H20N2O2/c1-17(26-24(27)23-16-20-11-5-6-13-22(20)28-23)25-21-12-7-10-19(15-21)14-18-8-3-2-4-9-18/h2-13,15-16,25H,1,14H2,(H,26,27). The molecule has 0 fully saturated rings. The first-order valence-electron chi connectivity index (χ1n) is 9.06. The van der Waals surface area contributed by atoms with Crippen LogP contribution in [0.4, 0.5) is 5.69 Å². The number of rotatable bonds is 6. The van der Waals surface area contributed by atoms with Crippen LogP contribution in [0.15, 0.2) is 102 Å². The summed E-state index contributed by atoms with van der Waals surface area (Å²) in [4.78, 5) is 12.4. The molecule has 28 heavy (non-hydrogen) atoms. The highest BCUT2D eigenvalue weighted by Gasteiger charge is 2.13. The van der Waals surface area contributed by atoms with Crippen molar-refractivity contribution < 1.29 is 9.21 Å². The van der Waals surface area contributed by atoms with Crippen LogP contribution in [0.5, 0.6) is 0 Å². The molecule has 1 aromatic heterocycles. The summed E-state index contributed by atoms with van der Waals surface area (Å²) in [6.07, 6.45) is 0.841. The van der Waals surface area contributed by atoms with E-state index in [1.807, 2.05) is 60.7 Å². The van der Waals surface area contributed by atoms with E-state index in [0.717, 1.165) is 17.5 Å². The molecular formula is C24H20N2O2. The number of para-hydroxylation sites is 1. The Balaban J connectivity index is 1.40. The van der Waals surface area contributed by atoms with E-state index in [1.54, 1.807) is 6.07 Å². The van der Waals surface area contributed by atoms with Crippen molar-refractivity contribution in [1.82, 2.24) is 5.32 Å². The molecule has 3 aromatic carbocycles. The molecule has 0 aliphatic carbocycles. The van der Waals surface area contributed by atoms with E-state index in [2.05, 4.69) is 35.4 Å². The van der Waals surface area contributed by atoms with Crippen molar-refractivity contribution >= 4 is 22.6 Å². The molecule has 0 saturated heterocycles. The van der Waals surface area contributed by atoms with E-state index in [-0.39, 0.29) is 11.7 Å². The van der Waals surface area contributed by atoms with Gasteiger partial charge < -0.3 is 15.1 Å². The molecule has 4 aromatic rings. The van der Waals surface area contributed by atoms with Gasteiger partial charge in [-0.15, -0.1) is 0 Å². The Kier molecular flexibility index (Phi) is 4.93. The molecule has 2 N–H and O–H groups in total. The van der Waals surface area contributed by atoms with E-state index in [9.17, 15) is 4.79 Å². The maximum Gasteiger partial charge on any atom is 0.292 e. The first kappa shape index (κ1) is 17.6. The minimum Gasteiger partial charge on any atom is -0.451 e. The molecule has 0 aliphatic heterocycles. The first-order chi connectivity index (χ1) is 13.7. The van der Waals surface area contributed by atoms with Crippen LogP contribution in [0.2, 0.25) is 0 Å². The Morgan fingerprint density at radius 1 is 0.857 bits per heavy atom. The van der Waals surface area contributed by atoms with Gasteiger partial charge in [0.1, 0.15) is 11.4 Å². The second-order valence-electron chi connectivity index (χ2n) is 6.57. The molecule has 0 radical (unpaired) electrons. The summed E-state index contributed by atoms with van der Waals surface area (Å²) in [5.74, 6) is 0.304. The van der Waals surface area contributed by atoms with Crippen molar-refractivity contribution in [2.75, 3.05) is 5.32 Å². The number of amides is 1. The quantitative estimate of drug-likeness (QED) is 0.483. The van der Waals surface area contributed by atoms with E-state index in [4.69, 9.17) is 4.42 Å². The number of fused-ring (bicyclic) bond motifs is 1. The van der Waals surface area contributed by atoms with Crippen LogP contribution in [0.3, 0.4) is 0 Å². The smallest absolute Gasteiger partial charge is 0.292 e. The summed E-state index contributed by atoms with van der Waals surface area (Å²) in [5, 5.41) is 6.76. The molecule has 0 aliphatic rings. The van der Waals surface area contributed by atoms with Crippen molar-refractivity contribution in [1.29, 1.82) is 0 Å². The Bertz CT molecular complexity index is 1100. The summed E-state index contributed by atoms with van der Waals surface area (Å²) < 4.78 is 5.59. The Morgan fingerprint density at radius 2 is 1.61 bits per heavy atom. The van der Waals surface area contributed by atoms with Crippen molar-refractivity contribution in [3.8, 4) is 0 Å². The lowest BCUT2D eigenvalue weighted by Crippen LogP contribution is -2.25. The summed E-state index contributed by atoms with van der Waals surface area (Å²) in [5.41, 5.74) is 3.97. The third-order valence-corrected chi connectivity index (χ3v) is 4.39. The lowest BCUT2D eigenvalue weighted by Gasteiger charge is -2.11. The number of hydrogen-bond acceptors (Lipinski definition) is 3. The molecule has 1 amide bonds. The number of carbonyl (C=O) groups excluding carboxylic acids is 1. The van der Waals surface area contributed by atoms with Crippen molar-refractivity contribution in [3.63, 3.8) is 0 Å². The minimum atomic E-state index is -0.339. The number of nitrogens with one attached hydrogen (secondary N) is 2.